The summed E-state index contributed by atoms with van der Waals surface area (Å²) in [5.41, 5.74) is 3.56. The quantitative estimate of drug-likeness (QED) is 0.283. The minimum atomic E-state index is -0.382. The standard InChI is InChI=1S/C21H21N5O3S/c1-4-28-20(27)18-12(2)14-7-5-6-8-16(14)23-17(18)11-30-21-25-24-19(26(21)22)15-9-10-29-13(15)3/h5-10H,4,11,22H2,1-3H3. The highest BCUT2D eigenvalue weighted by Gasteiger charge is 2.22. The van der Waals surface area contributed by atoms with Gasteiger partial charge in [-0.3, -0.25) is 4.98 Å². The largest absolute Gasteiger partial charge is 0.469 e. The topological polar surface area (TPSA) is 109 Å². The second kappa shape index (κ2) is 8.19. The van der Waals surface area contributed by atoms with Crippen LogP contribution in [-0.4, -0.2) is 32.4 Å². The average molecular weight is 423 g/mol. The van der Waals surface area contributed by atoms with Gasteiger partial charge in [-0.2, -0.15) is 0 Å². The maximum Gasteiger partial charge on any atom is 0.340 e. The summed E-state index contributed by atoms with van der Waals surface area (Å²) >= 11 is 1.35. The van der Waals surface area contributed by atoms with E-state index in [4.69, 9.17) is 20.0 Å². The molecule has 0 aliphatic rings. The number of hydrogen-bond acceptors (Lipinski definition) is 8. The van der Waals surface area contributed by atoms with E-state index in [-0.39, 0.29) is 5.97 Å². The monoisotopic (exact) mass is 423 g/mol. The van der Waals surface area contributed by atoms with E-state index in [2.05, 4.69) is 10.2 Å². The van der Waals surface area contributed by atoms with Crippen LogP contribution in [0.1, 0.15) is 34.3 Å². The summed E-state index contributed by atoms with van der Waals surface area (Å²) in [7, 11) is 0. The molecule has 0 bridgehead atoms. The molecule has 4 aromatic rings. The molecule has 0 atom stereocenters. The first kappa shape index (κ1) is 20.0. The zero-order valence-corrected chi connectivity index (χ0v) is 17.7. The first-order valence-corrected chi connectivity index (χ1v) is 10.4. The van der Waals surface area contributed by atoms with Crippen molar-refractivity contribution in [3.63, 3.8) is 0 Å². The molecule has 0 spiro atoms. The van der Waals surface area contributed by atoms with Crippen molar-refractivity contribution >= 4 is 28.6 Å². The number of thioether (sulfide) groups is 1. The van der Waals surface area contributed by atoms with Crippen LogP contribution in [0.3, 0.4) is 0 Å². The van der Waals surface area contributed by atoms with Crippen molar-refractivity contribution in [1.82, 2.24) is 19.9 Å². The van der Waals surface area contributed by atoms with Crippen LogP contribution in [0.5, 0.6) is 0 Å². The number of nitrogens with two attached hydrogens (primary N) is 1. The molecule has 1 aromatic carbocycles. The molecule has 3 heterocycles. The highest BCUT2D eigenvalue weighted by Crippen LogP contribution is 2.30. The highest BCUT2D eigenvalue weighted by molar-refractivity contribution is 7.98. The third kappa shape index (κ3) is 3.52. The van der Waals surface area contributed by atoms with E-state index in [1.165, 1.54) is 16.4 Å². The van der Waals surface area contributed by atoms with E-state index in [9.17, 15) is 4.79 Å². The van der Waals surface area contributed by atoms with E-state index >= 15 is 0 Å². The van der Waals surface area contributed by atoms with Crippen molar-refractivity contribution in [2.24, 2.45) is 0 Å². The second-order valence-corrected chi connectivity index (χ2v) is 7.59. The summed E-state index contributed by atoms with van der Waals surface area (Å²) in [6.07, 6.45) is 1.58. The molecule has 2 N–H and O–H groups in total. The van der Waals surface area contributed by atoms with Gasteiger partial charge in [0, 0.05) is 11.1 Å². The molecule has 3 aromatic heterocycles. The van der Waals surface area contributed by atoms with Crippen LogP contribution < -0.4 is 5.84 Å². The molecule has 0 saturated carbocycles. The number of para-hydroxylation sites is 1. The molecule has 0 aliphatic heterocycles. The second-order valence-electron chi connectivity index (χ2n) is 6.65. The van der Waals surface area contributed by atoms with Gasteiger partial charge in [0.25, 0.3) is 0 Å². The SMILES string of the molecule is CCOC(=O)c1c(CSc2nnc(-c3ccoc3C)n2N)nc2ccccc2c1C. The molecule has 0 amide bonds. The van der Waals surface area contributed by atoms with Gasteiger partial charge in [-0.25, -0.2) is 9.47 Å². The first-order valence-electron chi connectivity index (χ1n) is 9.44. The molecule has 0 unspecified atom stereocenters. The fraction of sp³-hybridized carbons (Fsp3) is 0.238. The fourth-order valence-corrected chi connectivity index (χ4v) is 4.13. The van der Waals surface area contributed by atoms with Crippen LogP contribution in [-0.2, 0) is 10.5 Å². The van der Waals surface area contributed by atoms with Crippen LogP contribution in [0.2, 0.25) is 0 Å². The molecule has 4 rings (SSSR count). The smallest absolute Gasteiger partial charge is 0.340 e. The van der Waals surface area contributed by atoms with Crippen molar-refractivity contribution in [1.29, 1.82) is 0 Å². The Hall–Kier alpha value is -3.33. The molecule has 30 heavy (non-hydrogen) atoms. The third-order valence-corrected chi connectivity index (χ3v) is 5.76. The summed E-state index contributed by atoms with van der Waals surface area (Å²) < 4.78 is 12.0. The fourth-order valence-electron chi connectivity index (χ4n) is 3.33. The van der Waals surface area contributed by atoms with Gasteiger partial charge in [0.05, 0.1) is 35.2 Å². The Kier molecular flexibility index (Phi) is 5.45. The lowest BCUT2D eigenvalue weighted by molar-refractivity contribution is 0.0524. The van der Waals surface area contributed by atoms with Gasteiger partial charge in [-0.1, -0.05) is 30.0 Å². The van der Waals surface area contributed by atoms with Crippen LogP contribution in [0, 0.1) is 13.8 Å². The number of rotatable bonds is 6. The maximum atomic E-state index is 12.7. The van der Waals surface area contributed by atoms with Gasteiger partial charge < -0.3 is 15.0 Å². The normalized spacial score (nSPS) is 11.2. The predicted molar refractivity (Wildman–Crippen MR) is 115 cm³/mol. The predicted octanol–water partition coefficient (Wildman–Crippen LogP) is 3.89. The Morgan fingerprint density at radius 3 is 2.77 bits per heavy atom. The van der Waals surface area contributed by atoms with E-state index in [0.717, 1.165) is 22.0 Å². The maximum absolute atomic E-state index is 12.7. The molecule has 0 radical (unpaired) electrons. The van der Waals surface area contributed by atoms with Crippen LogP contribution in [0.25, 0.3) is 22.3 Å². The summed E-state index contributed by atoms with van der Waals surface area (Å²) in [5, 5.41) is 9.80. The number of nitrogen functional groups attached to an aromatic ring is 1. The highest BCUT2D eigenvalue weighted by atomic mass is 32.2. The number of carbonyl (C=O) groups is 1. The van der Waals surface area contributed by atoms with Crippen LogP contribution in [0.4, 0.5) is 0 Å². The molecule has 9 heteroatoms. The molecule has 0 aliphatic carbocycles. The number of pyridine rings is 1. The molecular formula is C21H21N5O3S. The van der Waals surface area contributed by atoms with Gasteiger partial charge in [0.15, 0.2) is 5.82 Å². The summed E-state index contributed by atoms with van der Waals surface area (Å²) in [5.74, 6) is 7.44. The number of hydrogen-bond donors (Lipinski definition) is 1. The summed E-state index contributed by atoms with van der Waals surface area (Å²) in [4.78, 5) is 17.4. The number of aryl methyl sites for hydroxylation is 2. The van der Waals surface area contributed by atoms with Gasteiger partial charge in [-0.15, -0.1) is 10.2 Å². The van der Waals surface area contributed by atoms with Gasteiger partial charge >= 0.3 is 5.97 Å². The number of benzene rings is 1. The Bertz CT molecular complexity index is 1230. The Balaban J connectivity index is 1.69. The Morgan fingerprint density at radius 2 is 2.03 bits per heavy atom. The summed E-state index contributed by atoms with van der Waals surface area (Å²) in [6.45, 7) is 5.83. The molecule has 0 fully saturated rings. The number of furan rings is 1. The minimum Gasteiger partial charge on any atom is -0.469 e. The van der Waals surface area contributed by atoms with E-state index in [1.54, 1.807) is 19.3 Å². The first-order chi connectivity index (χ1) is 14.5. The average Bonchev–Trinajstić information content (AvgIpc) is 3.31. The number of aromatic nitrogens is 4. The number of fused-ring (bicyclic) bond motifs is 1. The van der Waals surface area contributed by atoms with Crippen molar-refractivity contribution in [2.75, 3.05) is 12.4 Å². The lowest BCUT2D eigenvalue weighted by Gasteiger charge is -2.13. The minimum absolute atomic E-state index is 0.294. The molecule has 8 nitrogen and oxygen atoms in total. The number of nitrogens with zero attached hydrogens (tertiary/aromatic N) is 4. The van der Waals surface area contributed by atoms with Crippen molar-refractivity contribution in [3.8, 4) is 11.4 Å². The van der Waals surface area contributed by atoms with Crippen LogP contribution >= 0.6 is 11.8 Å². The van der Waals surface area contributed by atoms with Gasteiger partial charge in [0.1, 0.15) is 5.76 Å². The number of carbonyl (C=O) groups excluding carboxylic acids is 1. The lowest BCUT2D eigenvalue weighted by atomic mass is 10.0. The Labute approximate surface area is 177 Å². The molecule has 0 saturated heterocycles. The number of esters is 1. The summed E-state index contributed by atoms with van der Waals surface area (Å²) in [6, 6.07) is 9.52. The zero-order valence-electron chi connectivity index (χ0n) is 16.9. The molecule has 154 valence electrons. The lowest BCUT2D eigenvalue weighted by Crippen LogP contribution is -2.13. The molecular weight excluding hydrogens is 402 g/mol. The van der Waals surface area contributed by atoms with Crippen molar-refractivity contribution in [2.45, 2.75) is 31.7 Å². The Morgan fingerprint density at radius 1 is 1.23 bits per heavy atom. The van der Waals surface area contributed by atoms with Crippen LogP contribution in [0.15, 0.2) is 46.2 Å². The number of ether oxygens (including phenoxy) is 1. The van der Waals surface area contributed by atoms with Gasteiger partial charge in [-0.05, 0) is 38.5 Å². The van der Waals surface area contributed by atoms with Gasteiger partial charge in [0.2, 0.25) is 5.16 Å². The third-order valence-electron chi connectivity index (χ3n) is 4.81. The van der Waals surface area contributed by atoms with E-state index < -0.39 is 0 Å². The van der Waals surface area contributed by atoms with Crippen molar-refractivity contribution in [3.05, 3.63) is 59.2 Å². The van der Waals surface area contributed by atoms with E-state index in [1.807, 2.05) is 38.1 Å². The zero-order chi connectivity index (χ0) is 21.3. The van der Waals surface area contributed by atoms with E-state index in [0.29, 0.717) is 40.4 Å². The van der Waals surface area contributed by atoms with Crippen molar-refractivity contribution < 1.29 is 13.9 Å².